The van der Waals surface area contributed by atoms with Gasteiger partial charge >= 0.3 is 0 Å². The van der Waals surface area contributed by atoms with E-state index in [2.05, 4.69) is 0 Å². The number of ether oxygens (including phenoxy) is 1. The molecule has 0 unspecified atom stereocenters. The lowest BCUT2D eigenvalue weighted by Crippen LogP contribution is -2.33. The molecule has 0 spiro atoms. The second-order valence-electron chi connectivity index (χ2n) is 4.33. The minimum absolute atomic E-state index is 0.0461. The Morgan fingerprint density at radius 2 is 2.18 bits per heavy atom. The third-order valence-corrected chi connectivity index (χ3v) is 3.08. The summed E-state index contributed by atoms with van der Waals surface area (Å²) in [7, 11) is 0. The maximum atomic E-state index is 11.8. The third-order valence-electron chi connectivity index (χ3n) is 3.08. The molecule has 1 saturated heterocycles. The van der Waals surface area contributed by atoms with Gasteiger partial charge in [-0.3, -0.25) is 4.79 Å². The monoisotopic (exact) mass is 234 g/mol. The molecule has 1 aromatic rings. The Balaban J connectivity index is 1.78. The van der Waals surface area contributed by atoms with Gasteiger partial charge in [0.1, 0.15) is 5.75 Å². The van der Waals surface area contributed by atoms with Crippen LogP contribution in [0, 0.1) is 5.92 Å². The van der Waals surface area contributed by atoms with Crippen LogP contribution in [0.3, 0.4) is 0 Å². The largest absolute Gasteiger partial charge is 0.484 e. The van der Waals surface area contributed by atoms with Crippen LogP contribution in [0.4, 0.5) is 0 Å². The lowest BCUT2D eigenvalue weighted by Gasteiger charge is -2.16. The van der Waals surface area contributed by atoms with Crippen molar-refractivity contribution in [2.45, 2.75) is 6.42 Å². The zero-order chi connectivity index (χ0) is 12.1. The number of hydrogen-bond donors (Lipinski definition) is 1. The van der Waals surface area contributed by atoms with Crippen LogP contribution in [-0.4, -0.2) is 37.0 Å². The van der Waals surface area contributed by atoms with Gasteiger partial charge in [-0.05, 0) is 31.0 Å². The van der Waals surface area contributed by atoms with Crippen molar-refractivity contribution >= 4 is 5.91 Å². The summed E-state index contributed by atoms with van der Waals surface area (Å²) in [5.74, 6) is 1.23. The zero-order valence-corrected chi connectivity index (χ0v) is 9.84. The topological polar surface area (TPSA) is 55.6 Å². The van der Waals surface area contributed by atoms with E-state index in [0.717, 1.165) is 25.3 Å². The van der Waals surface area contributed by atoms with E-state index in [1.807, 2.05) is 35.2 Å². The minimum atomic E-state index is 0.0461. The molecule has 4 nitrogen and oxygen atoms in total. The van der Waals surface area contributed by atoms with Crippen LogP contribution in [0.15, 0.2) is 30.3 Å². The summed E-state index contributed by atoms with van der Waals surface area (Å²) in [6.07, 6.45) is 1.01. The molecule has 0 aromatic heterocycles. The van der Waals surface area contributed by atoms with Gasteiger partial charge in [-0.15, -0.1) is 0 Å². The maximum Gasteiger partial charge on any atom is 0.260 e. The first-order valence-electron chi connectivity index (χ1n) is 5.95. The number of likely N-dealkylation sites (tertiary alicyclic amines) is 1. The van der Waals surface area contributed by atoms with E-state index < -0.39 is 0 Å². The molecule has 17 heavy (non-hydrogen) atoms. The highest BCUT2D eigenvalue weighted by Gasteiger charge is 2.25. The predicted molar refractivity (Wildman–Crippen MR) is 65.7 cm³/mol. The van der Waals surface area contributed by atoms with Crippen molar-refractivity contribution in [2.24, 2.45) is 11.7 Å². The number of hydrogen-bond acceptors (Lipinski definition) is 3. The molecule has 1 aliphatic heterocycles. The van der Waals surface area contributed by atoms with Crippen molar-refractivity contribution in [1.29, 1.82) is 0 Å². The van der Waals surface area contributed by atoms with Gasteiger partial charge in [0.2, 0.25) is 0 Å². The normalized spacial score (nSPS) is 19.4. The van der Waals surface area contributed by atoms with Gasteiger partial charge in [0.05, 0.1) is 0 Å². The van der Waals surface area contributed by atoms with E-state index >= 15 is 0 Å². The highest BCUT2D eigenvalue weighted by molar-refractivity contribution is 5.78. The fraction of sp³-hybridized carbons (Fsp3) is 0.462. The van der Waals surface area contributed by atoms with E-state index in [-0.39, 0.29) is 12.5 Å². The number of carbonyl (C=O) groups excluding carboxylic acids is 1. The summed E-state index contributed by atoms with van der Waals surface area (Å²) in [6, 6.07) is 9.39. The molecular formula is C13H18N2O2. The number of benzene rings is 1. The molecule has 1 fully saturated rings. The number of carbonyl (C=O) groups is 1. The Hall–Kier alpha value is -1.55. The first-order valence-corrected chi connectivity index (χ1v) is 5.95. The van der Waals surface area contributed by atoms with E-state index in [0.29, 0.717) is 12.5 Å². The van der Waals surface area contributed by atoms with Crippen molar-refractivity contribution in [3.05, 3.63) is 30.3 Å². The van der Waals surface area contributed by atoms with E-state index in [1.54, 1.807) is 0 Å². The second-order valence-corrected chi connectivity index (χ2v) is 4.33. The smallest absolute Gasteiger partial charge is 0.260 e. The zero-order valence-electron chi connectivity index (χ0n) is 9.84. The number of rotatable bonds is 4. The number of nitrogens with two attached hydrogens (primary N) is 1. The molecule has 0 radical (unpaired) electrons. The molecule has 92 valence electrons. The maximum absolute atomic E-state index is 11.8. The first-order chi connectivity index (χ1) is 8.29. The van der Waals surface area contributed by atoms with Crippen LogP contribution in [0.5, 0.6) is 5.75 Å². The fourth-order valence-corrected chi connectivity index (χ4v) is 2.00. The number of nitrogens with zero attached hydrogens (tertiary/aromatic N) is 1. The molecule has 0 bridgehead atoms. The molecule has 2 N–H and O–H groups in total. The molecule has 4 heteroatoms. The molecule has 1 aliphatic rings. The van der Waals surface area contributed by atoms with Crippen molar-refractivity contribution in [1.82, 2.24) is 4.90 Å². The van der Waals surface area contributed by atoms with Crippen LogP contribution in [0.25, 0.3) is 0 Å². The summed E-state index contributed by atoms with van der Waals surface area (Å²) in [5.41, 5.74) is 5.59. The van der Waals surface area contributed by atoms with Gasteiger partial charge in [-0.1, -0.05) is 18.2 Å². The average molecular weight is 234 g/mol. The van der Waals surface area contributed by atoms with Crippen molar-refractivity contribution in [3.8, 4) is 5.75 Å². The summed E-state index contributed by atoms with van der Waals surface area (Å²) >= 11 is 0. The quantitative estimate of drug-likeness (QED) is 0.841. The summed E-state index contributed by atoms with van der Waals surface area (Å²) in [5, 5.41) is 0. The van der Waals surface area contributed by atoms with Crippen molar-refractivity contribution < 1.29 is 9.53 Å². The highest BCUT2D eigenvalue weighted by Crippen LogP contribution is 2.15. The Kier molecular flexibility index (Phi) is 3.98. The standard InChI is InChI=1S/C13H18N2O2/c14-8-11-6-7-15(9-11)13(16)10-17-12-4-2-1-3-5-12/h1-5,11H,6-10,14H2/t11-/m1/s1. The van der Waals surface area contributed by atoms with Crippen LogP contribution in [0.1, 0.15) is 6.42 Å². The molecule has 0 saturated carbocycles. The van der Waals surface area contributed by atoms with Gasteiger partial charge in [-0.25, -0.2) is 0 Å². The lowest BCUT2D eigenvalue weighted by atomic mass is 10.1. The fourth-order valence-electron chi connectivity index (χ4n) is 2.00. The van der Waals surface area contributed by atoms with Crippen LogP contribution < -0.4 is 10.5 Å². The molecule has 2 rings (SSSR count). The molecule has 0 aliphatic carbocycles. The SMILES string of the molecule is NC[C@H]1CCN(C(=O)COc2ccccc2)C1. The molecular weight excluding hydrogens is 216 g/mol. The van der Waals surface area contributed by atoms with Gasteiger partial charge in [0.15, 0.2) is 6.61 Å². The number of para-hydroxylation sites is 1. The van der Waals surface area contributed by atoms with Crippen molar-refractivity contribution in [2.75, 3.05) is 26.2 Å². The van der Waals surface area contributed by atoms with Crippen LogP contribution >= 0.6 is 0 Å². The molecule has 1 atom stereocenters. The van der Waals surface area contributed by atoms with E-state index in [1.165, 1.54) is 0 Å². The Morgan fingerprint density at radius 1 is 1.41 bits per heavy atom. The third kappa shape index (κ3) is 3.20. The van der Waals surface area contributed by atoms with Gasteiger partial charge in [0.25, 0.3) is 5.91 Å². The summed E-state index contributed by atoms with van der Waals surface area (Å²) in [6.45, 7) is 2.34. The Labute approximate surface area is 101 Å². The summed E-state index contributed by atoms with van der Waals surface area (Å²) < 4.78 is 5.43. The van der Waals surface area contributed by atoms with E-state index in [4.69, 9.17) is 10.5 Å². The van der Waals surface area contributed by atoms with Gasteiger partial charge < -0.3 is 15.4 Å². The second kappa shape index (κ2) is 5.68. The summed E-state index contributed by atoms with van der Waals surface area (Å²) in [4.78, 5) is 13.7. The van der Waals surface area contributed by atoms with Crippen molar-refractivity contribution in [3.63, 3.8) is 0 Å². The Bertz CT molecular complexity index is 367. The van der Waals surface area contributed by atoms with Gasteiger partial charge in [0, 0.05) is 13.1 Å². The van der Waals surface area contributed by atoms with E-state index in [9.17, 15) is 4.79 Å². The lowest BCUT2D eigenvalue weighted by molar-refractivity contribution is -0.132. The number of amides is 1. The molecule has 1 aromatic carbocycles. The van der Waals surface area contributed by atoms with Gasteiger partial charge in [-0.2, -0.15) is 0 Å². The average Bonchev–Trinajstić information content (AvgIpc) is 2.86. The molecule has 1 heterocycles. The predicted octanol–water partition coefficient (Wildman–Crippen LogP) is 0.873. The minimum Gasteiger partial charge on any atom is -0.484 e. The highest BCUT2D eigenvalue weighted by atomic mass is 16.5. The van der Waals surface area contributed by atoms with Crippen LogP contribution in [0.2, 0.25) is 0 Å². The molecule has 1 amide bonds. The first kappa shape index (κ1) is 11.9. The Morgan fingerprint density at radius 3 is 2.82 bits per heavy atom. The van der Waals surface area contributed by atoms with Crippen LogP contribution in [-0.2, 0) is 4.79 Å².